The van der Waals surface area contributed by atoms with E-state index in [2.05, 4.69) is 40.2 Å². The number of hydrogen-bond donors (Lipinski definition) is 2. The highest BCUT2D eigenvalue weighted by Crippen LogP contribution is 2.43. The second-order valence-electron chi connectivity index (χ2n) is 13.9. The summed E-state index contributed by atoms with van der Waals surface area (Å²) in [4.78, 5) is 13.4. The molecule has 10 nitrogen and oxygen atoms in total. The maximum Gasteiger partial charge on any atom is 0.324 e. The van der Waals surface area contributed by atoms with Crippen molar-refractivity contribution in [3.63, 3.8) is 0 Å². The van der Waals surface area contributed by atoms with E-state index in [9.17, 15) is 13.2 Å². The molecule has 2 saturated heterocycles. The van der Waals surface area contributed by atoms with Gasteiger partial charge in [-0.3, -0.25) is 5.32 Å². The first kappa shape index (κ1) is 31.5. The van der Waals surface area contributed by atoms with Gasteiger partial charge in [-0.2, -0.15) is 18.2 Å². The molecule has 4 heterocycles. The predicted octanol–water partition coefficient (Wildman–Crippen LogP) is 7.30. The van der Waals surface area contributed by atoms with E-state index in [0.717, 1.165) is 66.3 Å². The number of fused-ring (bicyclic) bond motifs is 3. The first-order chi connectivity index (χ1) is 22.4. The molecule has 2 fully saturated rings. The van der Waals surface area contributed by atoms with Crippen molar-refractivity contribution in [1.82, 2.24) is 22.8 Å². The lowest BCUT2D eigenvalue weighted by Crippen LogP contribution is -2.46. The van der Waals surface area contributed by atoms with Crippen LogP contribution in [0.15, 0.2) is 77.7 Å². The van der Waals surface area contributed by atoms with Crippen LogP contribution in [0.1, 0.15) is 63.3 Å². The number of aryl methyl sites for hydroxylation is 1. The number of aromatic nitrogens is 4. The molecule has 2 unspecified atom stereocenters. The van der Waals surface area contributed by atoms with Crippen LogP contribution >= 0.6 is 11.7 Å². The van der Waals surface area contributed by atoms with Crippen LogP contribution in [0.2, 0.25) is 0 Å². The van der Waals surface area contributed by atoms with Gasteiger partial charge in [-0.1, -0.05) is 50.6 Å². The molecule has 2 amide bonds. The first-order valence-corrected chi connectivity index (χ1v) is 18.2. The Labute approximate surface area is 279 Å². The van der Waals surface area contributed by atoms with Crippen molar-refractivity contribution in [3.05, 3.63) is 89.6 Å². The van der Waals surface area contributed by atoms with Crippen molar-refractivity contribution in [2.24, 2.45) is 5.92 Å². The van der Waals surface area contributed by atoms with Crippen LogP contribution in [0, 0.1) is 12.8 Å². The molecular weight excluding hydrogens is 631 g/mol. The van der Waals surface area contributed by atoms with Crippen molar-refractivity contribution >= 4 is 50.3 Å². The summed E-state index contributed by atoms with van der Waals surface area (Å²) in [7, 11) is -3.61. The van der Waals surface area contributed by atoms with Crippen LogP contribution < -0.4 is 10.6 Å². The second kappa shape index (κ2) is 12.1. The number of anilines is 2. The van der Waals surface area contributed by atoms with Crippen LogP contribution in [0.25, 0.3) is 16.7 Å². The zero-order valence-electron chi connectivity index (χ0n) is 27.0. The minimum absolute atomic E-state index is 0.00443. The Morgan fingerprint density at radius 1 is 0.894 bits per heavy atom. The molecule has 0 spiro atoms. The standard InChI is InChI=1S/C35H39N7O3S2/c1-22-5-11-26(12-6-22)41-33(21-32(38-41)35(2,3)4)37-34(43)36-25-9-7-23(8-10-25)17-24-18-27-13-14-28(19-24)42(27)47(44,45)29-15-16-30-31(20-29)40-46-39-30/h5-12,15-16,20-21,24,27-28H,13-14,17-19H2,1-4H3,(H2,36,37,43). The summed E-state index contributed by atoms with van der Waals surface area (Å²) in [5, 5.41) is 10.7. The minimum Gasteiger partial charge on any atom is -0.308 e. The van der Waals surface area contributed by atoms with E-state index in [4.69, 9.17) is 5.10 Å². The fourth-order valence-corrected chi connectivity index (χ4v) is 9.33. The van der Waals surface area contributed by atoms with Crippen molar-refractivity contribution in [2.75, 3.05) is 10.6 Å². The zero-order valence-corrected chi connectivity index (χ0v) is 28.6. The highest BCUT2D eigenvalue weighted by atomic mass is 32.2. The number of carbonyl (C=O) groups is 1. The number of nitrogens with one attached hydrogen (secondary N) is 2. The van der Waals surface area contributed by atoms with E-state index in [1.807, 2.05) is 61.5 Å². The van der Waals surface area contributed by atoms with Crippen LogP contribution in [0.3, 0.4) is 0 Å². The average molecular weight is 670 g/mol. The minimum atomic E-state index is -3.61. The third-order valence-electron chi connectivity index (χ3n) is 9.30. The van der Waals surface area contributed by atoms with Crippen LogP contribution in [-0.2, 0) is 21.9 Å². The lowest BCUT2D eigenvalue weighted by atomic mass is 9.87. The summed E-state index contributed by atoms with van der Waals surface area (Å²) in [6.45, 7) is 8.33. The summed E-state index contributed by atoms with van der Waals surface area (Å²) in [6.07, 6.45) is 4.32. The van der Waals surface area contributed by atoms with E-state index < -0.39 is 10.0 Å². The lowest BCUT2D eigenvalue weighted by molar-refractivity contribution is 0.190. The lowest BCUT2D eigenvalue weighted by Gasteiger charge is -2.38. The summed E-state index contributed by atoms with van der Waals surface area (Å²) >= 11 is 1.09. The van der Waals surface area contributed by atoms with E-state index in [1.54, 1.807) is 27.2 Å². The predicted molar refractivity (Wildman–Crippen MR) is 186 cm³/mol. The normalized spacial score (nSPS) is 20.0. The summed E-state index contributed by atoms with van der Waals surface area (Å²) in [5.41, 5.74) is 5.92. The van der Waals surface area contributed by atoms with E-state index in [1.165, 1.54) is 5.56 Å². The van der Waals surface area contributed by atoms with Gasteiger partial charge in [-0.15, -0.1) is 0 Å². The molecule has 5 aromatic rings. The zero-order chi connectivity index (χ0) is 32.9. The van der Waals surface area contributed by atoms with Gasteiger partial charge in [-0.25, -0.2) is 17.9 Å². The van der Waals surface area contributed by atoms with Crippen molar-refractivity contribution in [1.29, 1.82) is 0 Å². The third kappa shape index (κ3) is 6.41. The quantitative estimate of drug-likeness (QED) is 0.188. The molecule has 0 aliphatic carbocycles. The third-order valence-corrected chi connectivity index (χ3v) is 11.9. The van der Waals surface area contributed by atoms with Gasteiger partial charge in [0.25, 0.3) is 0 Å². The van der Waals surface area contributed by atoms with Gasteiger partial charge in [0.2, 0.25) is 10.0 Å². The molecule has 47 heavy (non-hydrogen) atoms. The number of rotatable bonds is 7. The Bertz CT molecular complexity index is 2020. The molecule has 7 rings (SSSR count). The number of piperidine rings is 1. The molecule has 0 saturated carbocycles. The average Bonchev–Trinajstić information content (AvgIpc) is 3.74. The Balaban J connectivity index is 0.985. The topological polar surface area (TPSA) is 122 Å². The van der Waals surface area contributed by atoms with Crippen molar-refractivity contribution in [3.8, 4) is 5.69 Å². The molecule has 2 atom stereocenters. The Morgan fingerprint density at radius 3 is 2.26 bits per heavy atom. The summed E-state index contributed by atoms with van der Waals surface area (Å²) in [6, 6.07) is 22.6. The number of sulfonamides is 1. The van der Waals surface area contributed by atoms with E-state index in [-0.39, 0.29) is 23.5 Å². The monoisotopic (exact) mass is 669 g/mol. The largest absolute Gasteiger partial charge is 0.324 e. The molecule has 12 heteroatoms. The Hall–Kier alpha value is -4.13. The number of hydrogen-bond acceptors (Lipinski definition) is 7. The van der Waals surface area contributed by atoms with Crippen LogP contribution in [0.5, 0.6) is 0 Å². The molecule has 0 radical (unpaired) electrons. The molecule has 2 bridgehead atoms. The molecule has 244 valence electrons. The number of urea groups is 1. The van der Waals surface area contributed by atoms with Crippen LogP contribution in [-0.4, -0.2) is 49.4 Å². The van der Waals surface area contributed by atoms with Gasteiger partial charge in [0.15, 0.2) is 0 Å². The van der Waals surface area contributed by atoms with Crippen molar-refractivity contribution < 1.29 is 13.2 Å². The number of carbonyl (C=O) groups excluding carboxylic acids is 1. The summed E-state index contributed by atoms with van der Waals surface area (Å²) in [5.74, 6) is 0.988. The van der Waals surface area contributed by atoms with E-state index >= 15 is 0 Å². The smallest absolute Gasteiger partial charge is 0.308 e. The molecular formula is C35H39N7O3S2. The maximum absolute atomic E-state index is 13.7. The Morgan fingerprint density at radius 2 is 1.57 bits per heavy atom. The molecule has 2 aliphatic heterocycles. The molecule has 2 N–H and O–H groups in total. The Kier molecular flexibility index (Phi) is 8.13. The number of nitrogens with zero attached hydrogens (tertiary/aromatic N) is 5. The van der Waals surface area contributed by atoms with Gasteiger partial charge in [-0.05, 0) is 93.0 Å². The van der Waals surface area contributed by atoms with Gasteiger partial charge < -0.3 is 5.32 Å². The first-order valence-electron chi connectivity index (χ1n) is 16.0. The van der Waals surface area contributed by atoms with E-state index in [0.29, 0.717) is 27.8 Å². The molecule has 2 aromatic heterocycles. The SMILES string of the molecule is Cc1ccc(-n2nc(C(C)(C)C)cc2NC(=O)Nc2ccc(CC3CC4CCC(C3)N4S(=O)(=O)c3ccc4nsnc4c3)cc2)cc1. The highest BCUT2D eigenvalue weighted by Gasteiger charge is 2.47. The fourth-order valence-electron chi connectivity index (χ4n) is 6.91. The maximum atomic E-state index is 13.7. The van der Waals surface area contributed by atoms with Gasteiger partial charge in [0, 0.05) is 29.3 Å². The summed E-state index contributed by atoms with van der Waals surface area (Å²) < 4.78 is 39.4. The van der Waals surface area contributed by atoms with Gasteiger partial charge in [0.05, 0.1) is 28.0 Å². The molecule has 3 aromatic carbocycles. The van der Waals surface area contributed by atoms with Crippen molar-refractivity contribution in [2.45, 2.75) is 82.2 Å². The second-order valence-corrected chi connectivity index (χ2v) is 16.2. The number of amides is 2. The van der Waals surface area contributed by atoms with Gasteiger partial charge >= 0.3 is 6.03 Å². The van der Waals surface area contributed by atoms with Crippen LogP contribution in [0.4, 0.5) is 16.3 Å². The van der Waals surface area contributed by atoms with Gasteiger partial charge in [0.1, 0.15) is 16.9 Å². The molecule has 2 aliphatic rings. The fraction of sp³-hybridized carbons (Fsp3) is 0.371. The highest BCUT2D eigenvalue weighted by molar-refractivity contribution is 7.89. The number of benzene rings is 3.